The third kappa shape index (κ3) is 3.28. The van der Waals surface area contributed by atoms with Crippen LogP contribution in [0.3, 0.4) is 0 Å². The van der Waals surface area contributed by atoms with Crippen molar-refractivity contribution < 1.29 is 19.0 Å². The molecule has 0 saturated heterocycles. The molecule has 0 bridgehead atoms. The van der Waals surface area contributed by atoms with Crippen LogP contribution in [0, 0.1) is 0 Å². The molecule has 0 saturated carbocycles. The van der Waals surface area contributed by atoms with Crippen molar-refractivity contribution in [2.24, 2.45) is 0 Å². The number of hydrogen-bond acceptors (Lipinski definition) is 4. The molecule has 27 heavy (non-hydrogen) atoms. The third-order valence-electron chi connectivity index (χ3n) is 4.73. The second kappa shape index (κ2) is 7.19. The monoisotopic (exact) mass is 363 g/mol. The van der Waals surface area contributed by atoms with Gasteiger partial charge in [0.1, 0.15) is 13.2 Å². The number of amides is 1. The van der Waals surface area contributed by atoms with Crippen LogP contribution in [0.2, 0.25) is 0 Å². The molecule has 1 aliphatic rings. The Bertz CT molecular complexity index is 976. The van der Waals surface area contributed by atoms with Gasteiger partial charge in [0.2, 0.25) is 5.75 Å². The molecular formula is C22H21NO4. The lowest BCUT2D eigenvalue weighted by molar-refractivity contribution is 0.0938. The van der Waals surface area contributed by atoms with E-state index in [1.54, 1.807) is 19.2 Å². The van der Waals surface area contributed by atoms with Crippen LogP contribution in [0.15, 0.2) is 54.6 Å². The summed E-state index contributed by atoms with van der Waals surface area (Å²) >= 11 is 0. The Morgan fingerprint density at radius 1 is 1.07 bits per heavy atom. The van der Waals surface area contributed by atoms with Gasteiger partial charge in [0.15, 0.2) is 11.5 Å². The lowest BCUT2D eigenvalue weighted by atomic mass is 9.99. The Kier molecular flexibility index (Phi) is 4.59. The smallest absolute Gasteiger partial charge is 0.252 e. The van der Waals surface area contributed by atoms with Gasteiger partial charge in [0.05, 0.1) is 13.2 Å². The fourth-order valence-corrected chi connectivity index (χ4v) is 3.39. The highest BCUT2D eigenvalue weighted by atomic mass is 16.6. The van der Waals surface area contributed by atoms with Gasteiger partial charge in [-0.05, 0) is 35.4 Å². The quantitative estimate of drug-likeness (QED) is 0.758. The maximum absolute atomic E-state index is 12.9. The summed E-state index contributed by atoms with van der Waals surface area (Å²) in [5.74, 6) is 1.38. The molecule has 0 radical (unpaired) electrons. The summed E-state index contributed by atoms with van der Waals surface area (Å²) < 4.78 is 16.6. The van der Waals surface area contributed by atoms with Crippen LogP contribution in [0.5, 0.6) is 17.2 Å². The summed E-state index contributed by atoms with van der Waals surface area (Å²) in [6, 6.07) is 17.5. The number of methoxy groups -OCH3 is 1. The van der Waals surface area contributed by atoms with Gasteiger partial charge in [-0.2, -0.15) is 0 Å². The highest BCUT2D eigenvalue weighted by Crippen LogP contribution is 2.40. The molecule has 138 valence electrons. The maximum atomic E-state index is 12.9. The van der Waals surface area contributed by atoms with Crippen molar-refractivity contribution in [3.63, 3.8) is 0 Å². The molecule has 3 aromatic carbocycles. The van der Waals surface area contributed by atoms with E-state index in [9.17, 15) is 4.79 Å². The maximum Gasteiger partial charge on any atom is 0.252 e. The third-order valence-corrected chi connectivity index (χ3v) is 4.73. The van der Waals surface area contributed by atoms with Gasteiger partial charge in [-0.25, -0.2) is 0 Å². The number of nitrogens with one attached hydrogen (secondary N) is 1. The molecule has 0 unspecified atom stereocenters. The van der Waals surface area contributed by atoms with Crippen LogP contribution < -0.4 is 19.5 Å². The first-order valence-corrected chi connectivity index (χ1v) is 8.93. The van der Waals surface area contributed by atoms with E-state index >= 15 is 0 Å². The molecular weight excluding hydrogens is 342 g/mol. The number of fused-ring (bicyclic) bond motifs is 2. The molecule has 0 spiro atoms. The second-order valence-corrected chi connectivity index (χ2v) is 6.47. The summed E-state index contributed by atoms with van der Waals surface area (Å²) in [6.07, 6.45) is 0. The molecule has 4 rings (SSSR count). The molecule has 1 heterocycles. The van der Waals surface area contributed by atoms with E-state index in [1.165, 1.54) is 0 Å². The molecule has 0 fully saturated rings. The van der Waals surface area contributed by atoms with Gasteiger partial charge in [0, 0.05) is 5.56 Å². The minimum absolute atomic E-state index is 0.150. The predicted octanol–water partition coefficient (Wildman–Crippen LogP) is 4.11. The Morgan fingerprint density at radius 3 is 2.70 bits per heavy atom. The van der Waals surface area contributed by atoms with Crippen LogP contribution in [0.25, 0.3) is 10.8 Å². The summed E-state index contributed by atoms with van der Waals surface area (Å²) in [4.78, 5) is 12.9. The number of benzene rings is 3. The lowest BCUT2D eigenvalue weighted by Gasteiger charge is -2.22. The first kappa shape index (κ1) is 17.2. The Morgan fingerprint density at radius 2 is 1.85 bits per heavy atom. The van der Waals surface area contributed by atoms with Gasteiger partial charge >= 0.3 is 0 Å². The first-order chi connectivity index (χ1) is 13.2. The fourth-order valence-electron chi connectivity index (χ4n) is 3.39. The minimum atomic E-state index is -0.189. The number of ether oxygens (including phenoxy) is 3. The summed E-state index contributed by atoms with van der Waals surface area (Å²) in [5.41, 5.74) is 1.55. The van der Waals surface area contributed by atoms with Crippen molar-refractivity contribution in [2.45, 2.75) is 13.0 Å². The standard InChI is InChI=1S/C22H21NO4/c1-14(17-9-5-7-15-6-3-4-8-18(15)17)23-22(24)16-12-19(25-2)21-20(13-16)26-10-11-27-21/h3-9,12-14H,10-11H2,1-2H3,(H,23,24)/t14-/m1/s1. The van der Waals surface area contributed by atoms with Crippen LogP contribution in [0.4, 0.5) is 0 Å². The largest absolute Gasteiger partial charge is 0.493 e. The zero-order chi connectivity index (χ0) is 18.8. The van der Waals surface area contributed by atoms with Gasteiger partial charge in [-0.3, -0.25) is 4.79 Å². The highest BCUT2D eigenvalue weighted by Gasteiger charge is 2.22. The average Bonchev–Trinajstić information content (AvgIpc) is 2.72. The Hall–Kier alpha value is -3.21. The minimum Gasteiger partial charge on any atom is -0.493 e. The van der Waals surface area contributed by atoms with E-state index in [-0.39, 0.29) is 11.9 Å². The SMILES string of the molecule is COc1cc(C(=O)N[C@H](C)c2cccc3ccccc23)cc2c1OCCO2. The number of hydrogen-bond donors (Lipinski definition) is 1. The second-order valence-electron chi connectivity index (χ2n) is 6.47. The van der Waals surface area contributed by atoms with Crippen LogP contribution in [-0.4, -0.2) is 26.2 Å². The van der Waals surface area contributed by atoms with E-state index in [2.05, 4.69) is 23.5 Å². The number of rotatable bonds is 4. The number of carbonyl (C=O) groups is 1. The molecule has 5 heteroatoms. The van der Waals surface area contributed by atoms with Gasteiger partial charge in [0.25, 0.3) is 5.91 Å². The normalized spacial score (nSPS) is 13.9. The van der Waals surface area contributed by atoms with E-state index in [0.717, 1.165) is 16.3 Å². The predicted molar refractivity (Wildman–Crippen MR) is 104 cm³/mol. The van der Waals surface area contributed by atoms with Crippen molar-refractivity contribution in [3.05, 3.63) is 65.7 Å². The van der Waals surface area contributed by atoms with Crippen molar-refractivity contribution in [3.8, 4) is 17.2 Å². The molecule has 3 aromatic rings. The van der Waals surface area contributed by atoms with Crippen molar-refractivity contribution in [1.82, 2.24) is 5.32 Å². The highest BCUT2D eigenvalue weighted by molar-refractivity contribution is 5.96. The Balaban J connectivity index is 1.62. The first-order valence-electron chi connectivity index (χ1n) is 8.93. The number of carbonyl (C=O) groups excluding carboxylic acids is 1. The van der Waals surface area contributed by atoms with Crippen LogP contribution in [0.1, 0.15) is 28.9 Å². The summed E-state index contributed by atoms with van der Waals surface area (Å²) in [6.45, 7) is 2.90. The van der Waals surface area contributed by atoms with Gasteiger partial charge < -0.3 is 19.5 Å². The lowest BCUT2D eigenvalue weighted by Crippen LogP contribution is -2.27. The van der Waals surface area contributed by atoms with Crippen molar-refractivity contribution in [1.29, 1.82) is 0 Å². The molecule has 0 aliphatic carbocycles. The molecule has 1 N–H and O–H groups in total. The summed E-state index contributed by atoms with van der Waals surface area (Å²) in [7, 11) is 1.55. The van der Waals surface area contributed by atoms with Gasteiger partial charge in [-0.15, -0.1) is 0 Å². The van der Waals surface area contributed by atoms with E-state index < -0.39 is 0 Å². The molecule has 5 nitrogen and oxygen atoms in total. The average molecular weight is 363 g/mol. The van der Waals surface area contributed by atoms with Crippen molar-refractivity contribution in [2.75, 3.05) is 20.3 Å². The fraction of sp³-hybridized carbons (Fsp3) is 0.227. The molecule has 1 aliphatic heterocycles. The van der Waals surface area contributed by atoms with E-state index in [1.807, 2.05) is 31.2 Å². The molecule has 0 aromatic heterocycles. The van der Waals surface area contributed by atoms with E-state index in [0.29, 0.717) is 36.0 Å². The molecule has 1 amide bonds. The topological polar surface area (TPSA) is 56.8 Å². The zero-order valence-corrected chi connectivity index (χ0v) is 15.3. The Labute approximate surface area is 157 Å². The zero-order valence-electron chi connectivity index (χ0n) is 15.3. The van der Waals surface area contributed by atoms with Crippen molar-refractivity contribution >= 4 is 16.7 Å². The van der Waals surface area contributed by atoms with Crippen LogP contribution >= 0.6 is 0 Å². The molecule has 1 atom stereocenters. The van der Waals surface area contributed by atoms with E-state index in [4.69, 9.17) is 14.2 Å². The summed E-state index contributed by atoms with van der Waals surface area (Å²) in [5, 5.41) is 5.35. The van der Waals surface area contributed by atoms with Gasteiger partial charge in [-0.1, -0.05) is 42.5 Å². The van der Waals surface area contributed by atoms with Crippen LogP contribution in [-0.2, 0) is 0 Å².